The van der Waals surface area contributed by atoms with Crippen LogP contribution in [0.3, 0.4) is 0 Å². The lowest BCUT2D eigenvalue weighted by molar-refractivity contribution is -0.138. The van der Waals surface area contributed by atoms with Crippen molar-refractivity contribution in [3.63, 3.8) is 0 Å². The van der Waals surface area contributed by atoms with Crippen LogP contribution < -0.4 is 10.1 Å². The Morgan fingerprint density at radius 2 is 1.96 bits per heavy atom. The second-order valence-electron chi connectivity index (χ2n) is 6.37. The first-order chi connectivity index (χ1) is 12.2. The van der Waals surface area contributed by atoms with Gasteiger partial charge in [0.1, 0.15) is 11.4 Å². The summed E-state index contributed by atoms with van der Waals surface area (Å²) in [6.07, 6.45) is 1.26. The Hall–Kier alpha value is -3.09. The van der Waals surface area contributed by atoms with Crippen LogP contribution in [0.2, 0.25) is 0 Å². The second kappa shape index (κ2) is 7.43. The quantitative estimate of drug-likeness (QED) is 0.741. The fourth-order valence-corrected chi connectivity index (χ4v) is 2.78. The van der Waals surface area contributed by atoms with E-state index < -0.39 is 17.4 Å². The largest absolute Gasteiger partial charge is 0.497 e. The third-order valence-electron chi connectivity index (χ3n) is 4.25. The number of ketones is 1. The summed E-state index contributed by atoms with van der Waals surface area (Å²) in [5, 5.41) is 12.1. The summed E-state index contributed by atoms with van der Waals surface area (Å²) < 4.78 is 6.73. The number of hydrogen-bond acceptors (Lipinski definition) is 4. The maximum absolute atomic E-state index is 12.8. The van der Waals surface area contributed by atoms with Gasteiger partial charge in [0, 0.05) is 18.8 Å². The molecule has 0 saturated heterocycles. The number of ether oxygens (including phenoxy) is 1. The van der Waals surface area contributed by atoms with Gasteiger partial charge in [-0.15, -0.1) is 0 Å². The molecule has 1 heterocycles. The molecule has 0 aliphatic heterocycles. The van der Waals surface area contributed by atoms with Crippen molar-refractivity contribution in [2.45, 2.75) is 25.8 Å². The van der Waals surface area contributed by atoms with Crippen molar-refractivity contribution in [1.29, 1.82) is 0 Å². The SMILES string of the molecule is COc1cccc(C(C)(CC(=O)O)NC(=O)c2cc(C(C)=O)cn2C)c1. The van der Waals surface area contributed by atoms with Crippen molar-refractivity contribution >= 4 is 17.7 Å². The van der Waals surface area contributed by atoms with Crippen LogP contribution in [0.1, 0.15) is 46.7 Å². The van der Waals surface area contributed by atoms with Crippen molar-refractivity contribution in [2.75, 3.05) is 7.11 Å². The van der Waals surface area contributed by atoms with Crippen LogP contribution in [0.4, 0.5) is 0 Å². The topological polar surface area (TPSA) is 97.6 Å². The summed E-state index contributed by atoms with van der Waals surface area (Å²) >= 11 is 0. The van der Waals surface area contributed by atoms with E-state index in [1.54, 1.807) is 49.0 Å². The van der Waals surface area contributed by atoms with E-state index in [0.29, 0.717) is 16.9 Å². The number of rotatable bonds is 7. The number of aliphatic carboxylic acids is 1. The van der Waals surface area contributed by atoms with Crippen molar-refractivity contribution in [3.8, 4) is 5.75 Å². The third kappa shape index (κ3) is 4.11. The van der Waals surface area contributed by atoms with Crippen LogP contribution in [0, 0.1) is 0 Å². The number of methoxy groups -OCH3 is 1. The van der Waals surface area contributed by atoms with E-state index in [4.69, 9.17) is 4.74 Å². The molecular weight excluding hydrogens is 336 g/mol. The molecule has 1 amide bonds. The zero-order valence-electron chi connectivity index (χ0n) is 15.2. The van der Waals surface area contributed by atoms with Gasteiger partial charge in [0.2, 0.25) is 0 Å². The summed E-state index contributed by atoms with van der Waals surface area (Å²) in [5.74, 6) is -1.11. The van der Waals surface area contributed by atoms with E-state index in [-0.39, 0.29) is 17.9 Å². The van der Waals surface area contributed by atoms with Gasteiger partial charge < -0.3 is 19.7 Å². The van der Waals surface area contributed by atoms with Gasteiger partial charge in [0.25, 0.3) is 5.91 Å². The predicted octanol–water partition coefficient (Wildman–Crippen LogP) is 2.36. The molecule has 0 radical (unpaired) electrons. The molecule has 0 saturated carbocycles. The first kappa shape index (κ1) is 19.2. The molecule has 7 heteroatoms. The lowest BCUT2D eigenvalue weighted by Crippen LogP contribution is -2.45. The molecule has 7 nitrogen and oxygen atoms in total. The van der Waals surface area contributed by atoms with Crippen molar-refractivity contribution < 1.29 is 24.2 Å². The molecule has 2 N–H and O–H groups in total. The fraction of sp³-hybridized carbons (Fsp3) is 0.316. The molecular formula is C19H22N2O5. The number of amides is 1. The van der Waals surface area contributed by atoms with E-state index in [1.807, 2.05) is 0 Å². The Morgan fingerprint density at radius 1 is 1.27 bits per heavy atom. The number of carboxylic acids is 1. The van der Waals surface area contributed by atoms with Gasteiger partial charge >= 0.3 is 5.97 Å². The highest BCUT2D eigenvalue weighted by molar-refractivity contribution is 5.99. The zero-order chi connectivity index (χ0) is 19.5. The molecule has 1 aromatic heterocycles. The zero-order valence-corrected chi connectivity index (χ0v) is 15.2. The number of benzene rings is 1. The number of nitrogens with one attached hydrogen (secondary N) is 1. The molecule has 0 aliphatic carbocycles. The van der Waals surface area contributed by atoms with Crippen LogP contribution in [0.15, 0.2) is 36.5 Å². The monoisotopic (exact) mass is 358 g/mol. The Morgan fingerprint density at radius 3 is 2.50 bits per heavy atom. The number of carboxylic acid groups (broad SMARTS) is 1. The van der Waals surface area contributed by atoms with Crippen LogP contribution >= 0.6 is 0 Å². The highest BCUT2D eigenvalue weighted by Gasteiger charge is 2.33. The van der Waals surface area contributed by atoms with Crippen molar-refractivity contribution in [1.82, 2.24) is 9.88 Å². The second-order valence-corrected chi connectivity index (χ2v) is 6.37. The first-order valence-corrected chi connectivity index (χ1v) is 8.02. The summed E-state index contributed by atoms with van der Waals surface area (Å²) in [5.41, 5.74) is 0.139. The number of carbonyl (C=O) groups excluding carboxylic acids is 2. The van der Waals surface area contributed by atoms with E-state index in [9.17, 15) is 19.5 Å². The minimum Gasteiger partial charge on any atom is -0.497 e. The van der Waals surface area contributed by atoms with Gasteiger partial charge in [-0.2, -0.15) is 0 Å². The average Bonchev–Trinajstić information content (AvgIpc) is 2.96. The molecule has 1 atom stereocenters. The molecule has 0 fully saturated rings. The molecule has 0 spiro atoms. The molecule has 0 bridgehead atoms. The summed E-state index contributed by atoms with van der Waals surface area (Å²) in [4.78, 5) is 35.7. The lowest BCUT2D eigenvalue weighted by Gasteiger charge is -2.30. The van der Waals surface area contributed by atoms with Crippen LogP contribution in [-0.4, -0.2) is 34.4 Å². The summed E-state index contributed by atoms with van der Waals surface area (Å²) in [6.45, 7) is 3.06. The molecule has 26 heavy (non-hydrogen) atoms. The third-order valence-corrected chi connectivity index (χ3v) is 4.25. The number of nitrogens with zero attached hydrogens (tertiary/aromatic N) is 1. The van der Waals surface area contributed by atoms with Gasteiger partial charge in [-0.25, -0.2) is 0 Å². The number of carbonyl (C=O) groups is 3. The maximum Gasteiger partial charge on any atom is 0.306 e. The van der Waals surface area contributed by atoms with E-state index in [2.05, 4.69) is 5.32 Å². The van der Waals surface area contributed by atoms with Gasteiger partial charge in [0.15, 0.2) is 5.78 Å². The number of aromatic nitrogens is 1. The molecule has 1 unspecified atom stereocenters. The Bertz CT molecular complexity index is 855. The molecule has 2 rings (SSSR count). The summed E-state index contributed by atoms with van der Waals surface area (Å²) in [7, 11) is 3.17. The van der Waals surface area contributed by atoms with Crippen LogP contribution in [0.25, 0.3) is 0 Å². The molecule has 138 valence electrons. The van der Waals surface area contributed by atoms with E-state index in [0.717, 1.165) is 0 Å². The highest BCUT2D eigenvalue weighted by atomic mass is 16.5. The maximum atomic E-state index is 12.8. The van der Waals surface area contributed by atoms with Crippen molar-refractivity contribution in [2.24, 2.45) is 7.05 Å². The first-order valence-electron chi connectivity index (χ1n) is 8.02. The van der Waals surface area contributed by atoms with E-state index >= 15 is 0 Å². The Labute approximate surface area is 151 Å². The summed E-state index contributed by atoms with van der Waals surface area (Å²) in [6, 6.07) is 8.39. The minimum atomic E-state index is -1.15. The Balaban J connectivity index is 2.39. The highest BCUT2D eigenvalue weighted by Crippen LogP contribution is 2.28. The fourth-order valence-electron chi connectivity index (χ4n) is 2.78. The number of hydrogen-bond donors (Lipinski definition) is 2. The molecule has 0 aliphatic rings. The van der Waals surface area contributed by atoms with Gasteiger partial charge in [-0.05, 0) is 37.6 Å². The van der Waals surface area contributed by atoms with Crippen LogP contribution in [0.5, 0.6) is 5.75 Å². The van der Waals surface area contributed by atoms with E-state index in [1.165, 1.54) is 20.1 Å². The number of aryl methyl sites for hydroxylation is 1. The smallest absolute Gasteiger partial charge is 0.306 e. The minimum absolute atomic E-state index is 0.152. The van der Waals surface area contributed by atoms with Gasteiger partial charge in [-0.1, -0.05) is 12.1 Å². The molecule has 2 aromatic rings. The predicted molar refractivity (Wildman–Crippen MR) is 95.5 cm³/mol. The standard InChI is InChI=1S/C19H22N2O5/c1-12(22)13-8-16(21(3)11-13)18(25)20-19(2,10-17(23)24)14-6-5-7-15(9-14)26-4/h5-9,11H,10H2,1-4H3,(H,20,25)(H,23,24). The van der Waals surface area contributed by atoms with Crippen LogP contribution in [-0.2, 0) is 17.4 Å². The molecule has 1 aromatic carbocycles. The average molecular weight is 358 g/mol. The van der Waals surface area contributed by atoms with Gasteiger partial charge in [0.05, 0.1) is 19.1 Å². The lowest BCUT2D eigenvalue weighted by atomic mass is 9.88. The number of Topliss-reactive ketones (excluding diaryl/α,β-unsaturated/α-hetero) is 1. The normalized spacial score (nSPS) is 12.9. The van der Waals surface area contributed by atoms with Crippen molar-refractivity contribution in [3.05, 3.63) is 53.3 Å². The van der Waals surface area contributed by atoms with Gasteiger partial charge in [-0.3, -0.25) is 14.4 Å². The Kier molecular flexibility index (Phi) is 5.50.